The molecule has 1 aromatic heterocycles. The van der Waals surface area contributed by atoms with Crippen molar-refractivity contribution in [1.29, 1.82) is 0 Å². The second-order valence-corrected chi connectivity index (χ2v) is 5.20. The number of fused-ring (bicyclic) bond motifs is 1. The molecule has 0 unspecified atom stereocenters. The van der Waals surface area contributed by atoms with Gasteiger partial charge in [-0.25, -0.2) is 0 Å². The van der Waals surface area contributed by atoms with Gasteiger partial charge in [-0.15, -0.1) is 0 Å². The SMILES string of the molecule is CCC(CC)C(=O)NCC#CCOc1cccc2cccnc12. The van der Waals surface area contributed by atoms with E-state index < -0.39 is 0 Å². The van der Waals surface area contributed by atoms with Crippen LogP contribution in [0.3, 0.4) is 0 Å². The van der Waals surface area contributed by atoms with E-state index >= 15 is 0 Å². The summed E-state index contributed by atoms with van der Waals surface area (Å²) in [5, 5.41) is 3.87. The maximum atomic E-state index is 11.8. The number of ether oxygens (including phenoxy) is 1. The molecule has 2 rings (SSSR count). The summed E-state index contributed by atoms with van der Waals surface area (Å²) in [5.74, 6) is 6.70. The van der Waals surface area contributed by atoms with Gasteiger partial charge in [-0.2, -0.15) is 0 Å². The zero-order valence-electron chi connectivity index (χ0n) is 13.6. The van der Waals surface area contributed by atoms with Crippen LogP contribution in [-0.4, -0.2) is 24.0 Å². The molecule has 4 nitrogen and oxygen atoms in total. The summed E-state index contributed by atoms with van der Waals surface area (Å²) in [7, 11) is 0. The molecule has 2 aromatic rings. The molecule has 1 amide bonds. The number of rotatable bonds is 6. The van der Waals surface area contributed by atoms with Crippen LogP contribution in [0.5, 0.6) is 5.75 Å². The average Bonchev–Trinajstić information content (AvgIpc) is 2.59. The number of carbonyl (C=O) groups excluding carboxylic acids is 1. The van der Waals surface area contributed by atoms with Crippen molar-refractivity contribution in [3.8, 4) is 17.6 Å². The first-order valence-electron chi connectivity index (χ1n) is 7.96. The number of aromatic nitrogens is 1. The Kier molecular flexibility index (Phi) is 6.43. The summed E-state index contributed by atoms with van der Waals surface area (Å²) >= 11 is 0. The Morgan fingerprint density at radius 1 is 1.22 bits per heavy atom. The van der Waals surface area contributed by atoms with Gasteiger partial charge in [-0.05, 0) is 25.0 Å². The third-order valence-electron chi connectivity index (χ3n) is 3.73. The summed E-state index contributed by atoms with van der Waals surface area (Å²) in [6.45, 7) is 4.67. The number of nitrogens with zero attached hydrogens (tertiary/aromatic N) is 1. The number of para-hydroxylation sites is 1. The van der Waals surface area contributed by atoms with Crippen LogP contribution >= 0.6 is 0 Å². The summed E-state index contributed by atoms with van der Waals surface area (Å²) in [6, 6.07) is 9.70. The monoisotopic (exact) mass is 310 g/mol. The number of hydrogen-bond donors (Lipinski definition) is 1. The molecule has 0 saturated heterocycles. The van der Waals surface area contributed by atoms with Crippen LogP contribution in [0, 0.1) is 17.8 Å². The minimum absolute atomic E-state index is 0.0727. The van der Waals surface area contributed by atoms with Crippen molar-refractivity contribution >= 4 is 16.8 Å². The largest absolute Gasteiger partial charge is 0.479 e. The molecule has 1 heterocycles. The Bertz CT molecular complexity index is 707. The van der Waals surface area contributed by atoms with E-state index in [0.717, 1.165) is 29.5 Å². The van der Waals surface area contributed by atoms with E-state index in [1.807, 2.05) is 44.2 Å². The van der Waals surface area contributed by atoms with E-state index in [-0.39, 0.29) is 18.4 Å². The van der Waals surface area contributed by atoms with Crippen LogP contribution in [0.2, 0.25) is 0 Å². The molecule has 0 aliphatic heterocycles. The van der Waals surface area contributed by atoms with E-state index in [2.05, 4.69) is 22.1 Å². The maximum absolute atomic E-state index is 11.8. The zero-order valence-corrected chi connectivity index (χ0v) is 13.6. The highest BCUT2D eigenvalue weighted by atomic mass is 16.5. The zero-order chi connectivity index (χ0) is 16.5. The quantitative estimate of drug-likeness (QED) is 0.834. The van der Waals surface area contributed by atoms with Crippen LogP contribution in [0.25, 0.3) is 10.9 Å². The minimum Gasteiger partial charge on any atom is -0.479 e. The fourth-order valence-corrected chi connectivity index (χ4v) is 2.36. The average molecular weight is 310 g/mol. The molecule has 0 radical (unpaired) electrons. The lowest BCUT2D eigenvalue weighted by Gasteiger charge is -2.10. The first-order valence-corrected chi connectivity index (χ1v) is 7.96. The van der Waals surface area contributed by atoms with Gasteiger partial charge in [0.25, 0.3) is 0 Å². The second-order valence-electron chi connectivity index (χ2n) is 5.20. The van der Waals surface area contributed by atoms with Crippen molar-refractivity contribution < 1.29 is 9.53 Å². The third-order valence-corrected chi connectivity index (χ3v) is 3.73. The normalized spacial score (nSPS) is 10.2. The summed E-state index contributed by atoms with van der Waals surface area (Å²) in [6.07, 6.45) is 3.45. The molecule has 1 N–H and O–H groups in total. The van der Waals surface area contributed by atoms with Crippen molar-refractivity contribution in [2.24, 2.45) is 5.92 Å². The molecular formula is C19H22N2O2. The Balaban J connectivity index is 1.82. The topological polar surface area (TPSA) is 51.2 Å². The highest BCUT2D eigenvalue weighted by Crippen LogP contribution is 2.22. The number of nitrogens with one attached hydrogen (secondary N) is 1. The predicted octanol–water partition coefficient (Wildman–Crippen LogP) is 3.17. The van der Waals surface area contributed by atoms with Crippen molar-refractivity contribution in [1.82, 2.24) is 10.3 Å². The lowest BCUT2D eigenvalue weighted by Crippen LogP contribution is -2.30. The van der Waals surface area contributed by atoms with Gasteiger partial charge in [0.15, 0.2) is 0 Å². The van der Waals surface area contributed by atoms with E-state index in [1.165, 1.54) is 0 Å². The molecule has 1 aromatic carbocycles. The Labute approximate surface area is 137 Å². The molecule has 4 heteroatoms. The van der Waals surface area contributed by atoms with E-state index in [1.54, 1.807) is 6.20 Å². The molecule has 23 heavy (non-hydrogen) atoms. The maximum Gasteiger partial charge on any atom is 0.223 e. The van der Waals surface area contributed by atoms with Gasteiger partial charge < -0.3 is 10.1 Å². The first kappa shape index (κ1) is 16.8. The van der Waals surface area contributed by atoms with Gasteiger partial charge >= 0.3 is 0 Å². The van der Waals surface area contributed by atoms with Crippen LogP contribution in [-0.2, 0) is 4.79 Å². The summed E-state index contributed by atoms with van der Waals surface area (Å²) in [5.41, 5.74) is 0.832. The fourth-order valence-electron chi connectivity index (χ4n) is 2.36. The van der Waals surface area contributed by atoms with E-state index in [9.17, 15) is 4.79 Å². The van der Waals surface area contributed by atoms with E-state index in [4.69, 9.17) is 4.74 Å². The molecule has 0 aliphatic rings. The van der Waals surface area contributed by atoms with Crippen LogP contribution < -0.4 is 10.1 Å². The molecule has 120 valence electrons. The smallest absolute Gasteiger partial charge is 0.223 e. The van der Waals surface area contributed by atoms with Crippen LogP contribution in [0.15, 0.2) is 36.5 Å². The lowest BCUT2D eigenvalue weighted by molar-refractivity contribution is -0.124. The van der Waals surface area contributed by atoms with E-state index in [0.29, 0.717) is 6.54 Å². The highest BCUT2D eigenvalue weighted by molar-refractivity contribution is 5.84. The van der Waals surface area contributed by atoms with Gasteiger partial charge in [0.05, 0.1) is 6.54 Å². The Hall–Kier alpha value is -2.54. The number of pyridine rings is 1. The number of carbonyl (C=O) groups is 1. The Morgan fingerprint density at radius 2 is 2.00 bits per heavy atom. The molecule has 0 aliphatic carbocycles. The molecule has 0 atom stereocenters. The van der Waals surface area contributed by atoms with Crippen molar-refractivity contribution in [2.75, 3.05) is 13.2 Å². The predicted molar refractivity (Wildman–Crippen MR) is 92.1 cm³/mol. The lowest BCUT2D eigenvalue weighted by atomic mass is 10.0. The van der Waals surface area contributed by atoms with Gasteiger partial charge in [0.1, 0.15) is 17.9 Å². The number of benzene rings is 1. The highest BCUT2D eigenvalue weighted by Gasteiger charge is 2.12. The molecule has 0 bridgehead atoms. The Morgan fingerprint density at radius 3 is 2.78 bits per heavy atom. The van der Waals surface area contributed by atoms with Crippen LogP contribution in [0.1, 0.15) is 26.7 Å². The molecular weight excluding hydrogens is 288 g/mol. The fraction of sp³-hybridized carbons (Fsp3) is 0.368. The van der Waals surface area contributed by atoms with Crippen molar-refractivity contribution in [2.45, 2.75) is 26.7 Å². The third kappa shape index (κ3) is 4.72. The van der Waals surface area contributed by atoms with Gasteiger partial charge in [-0.1, -0.05) is 43.9 Å². The summed E-state index contributed by atoms with van der Waals surface area (Å²) < 4.78 is 5.67. The van der Waals surface area contributed by atoms with Gasteiger partial charge in [0, 0.05) is 17.5 Å². The summed E-state index contributed by atoms with van der Waals surface area (Å²) in [4.78, 5) is 16.1. The minimum atomic E-state index is 0.0727. The van der Waals surface area contributed by atoms with Gasteiger partial charge in [0.2, 0.25) is 5.91 Å². The van der Waals surface area contributed by atoms with Gasteiger partial charge in [-0.3, -0.25) is 9.78 Å². The second kappa shape index (κ2) is 8.79. The number of hydrogen-bond acceptors (Lipinski definition) is 3. The molecule has 0 fully saturated rings. The number of amides is 1. The van der Waals surface area contributed by atoms with Crippen molar-refractivity contribution in [3.05, 3.63) is 36.5 Å². The molecule has 0 saturated carbocycles. The van der Waals surface area contributed by atoms with Crippen molar-refractivity contribution in [3.63, 3.8) is 0 Å². The van der Waals surface area contributed by atoms with Crippen LogP contribution in [0.4, 0.5) is 0 Å². The molecule has 0 spiro atoms. The standard InChI is InChI=1S/C19H22N2O2/c1-3-15(4-2)19(22)21-12-5-6-14-23-17-11-7-9-16-10-8-13-20-18(16)17/h7-11,13,15H,3-4,12,14H2,1-2H3,(H,21,22). The first-order chi connectivity index (χ1) is 11.3.